The monoisotopic (exact) mass is 680 g/mol. The van der Waals surface area contributed by atoms with Crippen molar-refractivity contribution in [2.75, 3.05) is 51.0 Å². The maximum Gasteiger partial charge on any atom is 0.490 e. The SMILES string of the molecule is Cc1ccc(C)c(N2CCN(C(=O)C3CN(S(=O)(=O)c4c(C)noc4C)C[C@H]3c3cccc4c3OCO4)CC2)c1.O=C(O)C(F)(F)F. The van der Waals surface area contributed by atoms with Crippen LogP contribution in [0.1, 0.15) is 34.1 Å². The van der Waals surface area contributed by atoms with E-state index in [-0.39, 0.29) is 36.4 Å². The Morgan fingerprint density at radius 1 is 0.979 bits per heavy atom. The Morgan fingerprint density at radius 3 is 2.28 bits per heavy atom. The average molecular weight is 681 g/mol. The second-order valence-electron chi connectivity index (χ2n) is 11.7. The molecule has 0 spiro atoms. The molecule has 254 valence electrons. The highest BCUT2D eigenvalue weighted by molar-refractivity contribution is 7.89. The van der Waals surface area contributed by atoms with E-state index in [0.717, 1.165) is 5.56 Å². The molecule has 0 saturated carbocycles. The Labute approximate surface area is 269 Å². The number of ether oxygens (including phenoxy) is 2. The van der Waals surface area contributed by atoms with E-state index in [1.165, 1.54) is 21.1 Å². The summed E-state index contributed by atoms with van der Waals surface area (Å²) in [5.74, 6) is -2.33. The van der Waals surface area contributed by atoms with Crippen LogP contribution in [0.5, 0.6) is 11.5 Å². The number of carboxylic acid groups (broad SMARTS) is 1. The van der Waals surface area contributed by atoms with Crippen molar-refractivity contribution in [1.82, 2.24) is 14.4 Å². The lowest BCUT2D eigenvalue weighted by atomic mass is 9.87. The number of para-hydroxylation sites is 1. The highest BCUT2D eigenvalue weighted by atomic mass is 32.2. The molecule has 2 atom stereocenters. The van der Waals surface area contributed by atoms with Crippen molar-refractivity contribution in [3.8, 4) is 11.5 Å². The van der Waals surface area contributed by atoms with Gasteiger partial charge in [-0.3, -0.25) is 4.79 Å². The first-order chi connectivity index (χ1) is 22.1. The number of halogens is 3. The van der Waals surface area contributed by atoms with Gasteiger partial charge in [0.15, 0.2) is 17.3 Å². The number of rotatable bonds is 5. The number of sulfonamides is 1. The van der Waals surface area contributed by atoms with Crippen molar-refractivity contribution >= 4 is 27.6 Å². The van der Waals surface area contributed by atoms with Crippen molar-refractivity contribution in [3.63, 3.8) is 0 Å². The Bertz CT molecular complexity index is 1750. The second-order valence-corrected chi connectivity index (χ2v) is 13.5. The molecule has 2 fully saturated rings. The molecule has 12 nitrogen and oxygen atoms in total. The van der Waals surface area contributed by atoms with Crippen molar-refractivity contribution in [3.05, 3.63) is 64.5 Å². The molecule has 3 aliphatic rings. The van der Waals surface area contributed by atoms with Crippen LogP contribution in [0.4, 0.5) is 18.9 Å². The van der Waals surface area contributed by atoms with Crippen LogP contribution in [-0.2, 0) is 19.6 Å². The molecule has 3 aliphatic heterocycles. The van der Waals surface area contributed by atoms with Gasteiger partial charge in [0.25, 0.3) is 0 Å². The average Bonchev–Trinajstić information content (AvgIpc) is 3.77. The van der Waals surface area contributed by atoms with Gasteiger partial charge in [0.05, 0.1) is 5.92 Å². The molecule has 2 saturated heterocycles. The van der Waals surface area contributed by atoms with Gasteiger partial charge in [-0.2, -0.15) is 17.5 Å². The zero-order valence-electron chi connectivity index (χ0n) is 26.2. The predicted molar refractivity (Wildman–Crippen MR) is 162 cm³/mol. The number of aliphatic carboxylic acids is 1. The fourth-order valence-electron chi connectivity index (χ4n) is 6.21. The van der Waals surface area contributed by atoms with Crippen LogP contribution in [0.15, 0.2) is 45.8 Å². The van der Waals surface area contributed by atoms with E-state index >= 15 is 0 Å². The van der Waals surface area contributed by atoms with E-state index in [0.29, 0.717) is 43.4 Å². The van der Waals surface area contributed by atoms with Crippen LogP contribution in [0.25, 0.3) is 0 Å². The van der Waals surface area contributed by atoms with Crippen molar-refractivity contribution in [2.24, 2.45) is 5.92 Å². The van der Waals surface area contributed by atoms with Gasteiger partial charge in [-0.15, -0.1) is 0 Å². The summed E-state index contributed by atoms with van der Waals surface area (Å²) in [6, 6.07) is 12.0. The van der Waals surface area contributed by atoms with Gasteiger partial charge >= 0.3 is 12.1 Å². The number of aryl methyl sites for hydroxylation is 4. The van der Waals surface area contributed by atoms with Crippen molar-refractivity contribution in [1.29, 1.82) is 0 Å². The van der Waals surface area contributed by atoms with E-state index in [2.05, 4.69) is 42.1 Å². The predicted octanol–water partition coefficient (Wildman–Crippen LogP) is 4.02. The van der Waals surface area contributed by atoms with Gasteiger partial charge in [0, 0.05) is 56.4 Å². The Morgan fingerprint density at radius 2 is 1.66 bits per heavy atom. The Kier molecular flexibility index (Phi) is 9.46. The first kappa shape index (κ1) is 34.0. The highest BCUT2D eigenvalue weighted by Crippen LogP contribution is 2.46. The summed E-state index contributed by atoms with van der Waals surface area (Å²) in [7, 11) is -3.94. The number of benzene rings is 2. The quantitative estimate of drug-likeness (QED) is 0.420. The molecular weight excluding hydrogens is 645 g/mol. The smallest absolute Gasteiger partial charge is 0.475 e. The molecule has 2 aromatic carbocycles. The molecule has 1 unspecified atom stereocenters. The minimum atomic E-state index is -5.08. The Hall–Kier alpha value is -4.31. The van der Waals surface area contributed by atoms with Gasteiger partial charge < -0.3 is 28.9 Å². The van der Waals surface area contributed by atoms with Crippen LogP contribution in [0.3, 0.4) is 0 Å². The van der Waals surface area contributed by atoms with E-state index in [1.54, 1.807) is 13.8 Å². The van der Waals surface area contributed by atoms with Gasteiger partial charge in [0.2, 0.25) is 22.7 Å². The summed E-state index contributed by atoms with van der Waals surface area (Å²) in [4.78, 5) is 27.3. The number of amides is 1. The zero-order chi connectivity index (χ0) is 34.3. The van der Waals surface area contributed by atoms with E-state index < -0.39 is 34.0 Å². The van der Waals surface area contributed by atoms with Gasteiger partial charge in [-0.05, 0) is 51.0 Å². The van der Waals surface area contributed by atoms with E-state index in [4.69, 9.17) is 23.9 Å². The summed E-state index contributed by atoms with van der Waals surface area (Å²) in [6.45, 7) is 10.3. The van der Waals surface area contributed by atoms with Crippen molar-refractivity contribution in [2.45, 2.75) is 44.7 Å². The third kappa shape index (κ3) is 6.88. The summed E-state index contributed by atoms with van der Waals surface area (Å²) < 4.78 is 77.3. The van der Waals surface area contributed by atoms with Crippen LogP contribution in [0.2, 0.25) is 0 Å². The number of anilines is 1. The lowest BCUT2D eigenvalue weighted by Crippen LogP contribution is -2.51. The minimum absolute atomic E-state index is 0.0430. The second kappa shape index (κ2) is 13.1. The lowest BCUT2D eigenvalue weighted by molar-refractivity contribution is -0.192. The molecule has 0 radical (unpaired) electrons. The summed E-state index contributed by atoms with van der Waals surface area (Å²) in [5, 5.41) is 11.0. The molecule has 1 amide bonds. The fourth-order valence-corrected chi connectivity index (χ4v) is 7.99. The topological polar surface area (TPSA) is 143 Å². The summed E-state index contributed by atoms with van der Waals surface area (Å²) in [6.07, 6.45) is -5.08. The number of piperazine rings is 1. The summed E-state index contributed by atoms with van der Waals surface area (Å²) in [5.41, 5.74) is 4.71. The number of hydrogen-bond donors (Lipinski definition) is 1. The lowest BCUT2D eigenvalue weighted by Gasteiger charge is -2.38. The highest BCUT2D eigenvalue weighted by Gasteiger charge is 2.47. The largest absolute Gasteiger partial charge is 0.490 e. The molecule has 4 heterocycles. The number of carboxylic acids is 1. The molecule has 0 aliphatic carbocycles. The first-order valence-corrected chi connectivity index (χ1v) is 16.3. The van der Waals surface area contributed by atoms with Crippen LogP contribution in [-0.4, -0.2) is 92.0 Å². The maximum absolute atomic E-state index is 14.1. The number of fused-ring (bicyclic) bond motifs is 1. The van der Waals surface area contributed by atoms with E-state index in [1.807, 2.05) is 23.1 Å². The maximum atomic E-state index is 14.1. The third-order valence-corrected chi connectivity index (χ3v) is 10.6. The van der Waals surface area contributed by atoms with E-state index in [9.17, 15) is 26.4 Å². The number of nitrogens with zero attached hydrogens (tertiary/aromatic N) is 4. The van der Waals surface area contributed by atoms with Crippen LogP contribution in [0, 0.1) is 33.6 Å². The molecule has 6 rings (SSSR count). The molecule has 16 heteroatoms. The fraction of sp³-hybridized carbons (Fsp3) is 0.452. The molecule has 1 N–H and O–H groups in total. The number of hydrogen-bond acceptors (Lipinski definition) is 9. The number of carbonyl (C=O) groups is 2. The molecule has 47 heavy (non-hydrogen) atoms. The Balaban J connectivity index is 0.000000559. The number of alkyl halides is 3. The normalized spacial score (nSPS) is 19.8. The third-order valence-electron chi connectivity index (χ3n) is 8.54. The molecule has 0 bridgehead atoms. The van der Waals surface area contributed by atoms with Crippen LogP contribution < -0.4 is 14.4 Å². The van der Waals surface area contributed by atoms with Gasteiger partial charge in [-0.1, -0.05) is 29.4 Å². The van der Waals surface area contributed by atoms with Crippen LogP contribution >= 0.6 is 0 Å². The minimum Gasteiger partial charge on any atom is -0.475 e. The first-order valence-electron chi connectivity index (χ1n) is 14.8. The van der Waals surface area contributed by atoms with Gasteiger partial charge in [0.1, 0.15) is 10.6 Å². The number of carbonyl (C=O) groups excluding carboxylic acids is 1. The van der Waals surface area contributed by atoms with Gasteiger partial charge in [-0.25, -0.2) is 13.2 Å². The molecule has 3 aromatic rings. The molecular formula is C31H35F3N4O8S. The summed E-state index contributed by atoms with van der Waals surface area (Å²) >= 11 is 0. The molecule has 1 aromatic heterocycles. The standard InChI is InChI=1S/C29H34N4O6S.C2HF3O2/c1-18-8-9-19(2)25(14-18)31-10-12-32(13-11-31)29(34)24-16-33(40(35,36)28-20(3)30-39-21(28)4)15-23(24)22-6-5-7-26-27(22)38-17-37-26;3-2(4,5)1(6)7/h5-9,14,23-24H,10-13,15-17H2,1-4H3;(H,6,7)/t23-,24?;/m0./s1. The number of aromatic nitrogens is 1. The van der Waals surface area contributed by atoms with Crippen molar-refractivity contribution < 1.29 is 50.3 Å². The zero-order valence-corrected chi connectivity index (χ0v) is 27.0.